The molecule has 6 aromatic heterocycles. The van der Waals surface area contributed by atoms with E-state index in [4.69, 9.17) is 29.9 Å². The van der Waals surface area contributed by atoms with Gasteiger partial charge in [-0.25, -0.2) is 29.9 Å². The smallest absolute Gasteiger partial charge is 0.423 e. The van der Waals surface area contributed by atoms with Gasteiger partial charge in [-0.05, 0) is 195 Å². The van der Waals surface area contributed by atoms with Crippen molar-refractivity contribution in [2.75, 3.05) is 0 Å². The number of halogens is 1. The molecule has 2 aliphatic rings. The van der Waals surface area contributed by atoms with Gasteiger partial charge in [-0.3, -0.25) is 0 Å². The van der Waals surface area contributed by atoms with Crippen molar-refractivity contribution >= 4 is 116 Å². The van der Waals surface area contributed by atoms with Crippen LogP contribution in [0.25, 0.3) is 212 Å². The average Bonchev–Trinajstić information content (AvgIpc) is 1.55. The fourth-order valence-corrected chi connectivity index (χ4v) is 21.0. The monoisotopic (exact) mass is 1790 g/mol. The fourth-order valence-electron chi connectivity index (χ4n) is 20.6. The van der Waals surface area contributed by atoms with Gasteiger partial charge in [0.05, 0.1) is 44.1 Å². The van der Waals surface area contributed by atoms with Gasteiger partial charge < -0.3 is 28.3 Å². The molecule has 0 saturated heterocycles. The number of hydrogen-bond donors (Lipinski definition) is 2. The van der Waals surface area contributed by atoms with Crippen molar-refractivity contribution in [3.8, 4) is 124 Å². The number of fused-ring (bicyclic) bond motifs is 18. The lowest BCUT2D eigenvalue weighted by Gasteiger charge is -2.21. The van der Waals surface area contributed by atoms with Crippen LogP contribution >= 0.6 is 15.9 Å². The van der Waals surface area contributed by atoms with Crippen LogP contribution in [0.2, 0.25) is 0 Å². The molecule has 0 fully saturated rings. The van der Waals surface area contributed by atoms with Crippen molar-refractivity contribution in [3.63, 3.8) is 0 Å². The van der Waals surface area contributed by atoms with Crippen molar-refractivity contribution in [1.29, 1.82) is 0 Å². The summed E-state index contributed by atoms with van der Waals surface area (Å²) in [5.41, 5.74) is 32.5. The average molecular weight is 1790 g/mol. The molecule has 0 radical (unpaired) electrons. The molecule has 14 heteroatoms. The van der Waals surface area contributed by atoms with Crippen molar-refractivity contribution < 1.29 is 10.0 Å². The molecule has 0 unspecified atom stereocenters. The van der Waals surface area contributed by atoms with Crippen LogP contribution in [0.1, 0.15) is 49.9 Å². The molecule has 2 aliphatic carbocycles. The molecule has 2 N–H and O–H groups in total. The lowest BCUT2D eigenvalue weighted by atomic mass is 9.80. The SMILES string of the molecule is CC1(C)c2ccccc2-c2cc3c4cc(-c5ccc6c(c5)c5ccccc5n6-c5ccccc5)ccc4n(-c4cccc(-c5nc(-c6ccccc6)nc(-c6ccccc6)n5)c4)c3cc21.CC1(C)c2ccccc2-c2cc3c4cc(Br)ccc4n(-c4cccc(-c5nc(-c6ccccc6)nc(-c6ccccc6)n5)c4)c3cc21.OB(O)c1ccc2c(c1)c1ccccc1n2-c1ccccc1. The Morgan fingerprint density at radius 1 is 0.209 bits per heavy atom. The summed E-state index contributed by atoms with van der Waals surface area (Å²) in [6.45, 7) is 9.39. The third kappa shape index (κ3) is 13.8. The van der Waals surface area contributed by atoms with E-state index in [1.807, 2.05) is 140 Å². The number of para-hydroxylation sites is 4. The zero-order valence-corrected chi connectivity index (χ0v) is 75.3. The summed E-state index contributed by atoms with van der Waals surface area (Å²) in [7, 11) is -1.46. The van der Waals surface area contributed by atoms with Crippen LogP contribution in [-0.2, 0) is 10.8 Å². The lowest BCUT2D eigenvalue weighted by Crippen LogP contribution is -2.29. The first-order valence-electron chi connectivity index (χ1n) is 45.3. The Bertz CT molecular complexity index is 8680. The maximum atomic E-state index is 9.43. The van der Waals surface area contributed by atoms with Crippen LogP contribution in [0.15, 0.2) is 429 Å². The first kappa shape index (κ1) is 80.9. The van der Waals surface area contributed by atoms with Gasteiger partial charge in [0.2, 0.25) is 0 Å². The zero-order chi connectivity index (χ0) is 90.0. The molecule has 18 aromatic carbocycles. The highest BCUT2D eigenvalue weighted by Gasteiger charge is 2.39. The largest absolute Gasteiger partial charge is 0.488 e. The molecule has 0 atom stereocenters. The third-order valence-corrected chi connectivity index (χ3v) is 27.5. The van der Waals surface area contributed by atoms with Gasteiger partial charge in [0.25, 0.3) is 0 Å². The molecule has 134 heavy (non-hydrogen) atoms. The quantitative estimate of drug-likeness (QED) is 0.115. The Hall–Kier alpha value is -16.4. The molecule has 26 rings (SSSR count). The second kappa shape index (κ2) is 32.6. The summed E-state index contributed by atoms with van der Waals surface area (Å²) in [6.07, 6.45) is 0. The number of hydrogen-bond acceptors (Lipinski definition) is 8. The van der Waals surface area contributed by atoms with Gasteiger partial charge in [0.1, 0.15) is 0 Å². The minimum atomic E-state index is -1.46. The number of benzene rings is 18. The van der Waals surface area contributed by atoms with Gasteiger partial charge in [0.15, 0.2) is 34.9 Å². The predicted molar refractivity (Wildman–Crippen MR) is 554 cm³/mol. The summed E-state index contributed by atoms with van der Waals surface area (Å²) in [5, 5.41) is 28.3. The molecule has 0 amide bonds. The fraction of sp³-hybridized carbons (Fsp3) is 0.0500. The molecule has 0 aliphatic heterocycles. The Kier molecular flexibility index (Phi) is 19.7. The molecule has 0 saturated carbocycles. The van der Waals surface area contributed by atoms with Crippen LogP contribution in [-0.4, -0.2) is 65.3 Å². The summed E-state index contributed by atoms with van der Waals surface area (Å²) in [5.74, 6) is 3.86. The van der Waals surface area contributed by atoms with Gasteiger partial charge in [-0.15, -0.1) is 0 Å². The molecular formula is C120H84BBrN10O2. The minimum Gasteiger partial charge on any atom is -0.423 e. The summed E-state index contributed by atoms with van der Waals surface area (Å²) >= 11 is 3.75. The second-order valence-electron chi connectivity index (χ2n) is 35.7. The van der Waals surface area contributed by atoms with Crippen molar-refractivity contribution in [1.82, 2.24) is 48.2 Å². The zero-order valence-electron chi connectivity index (χ0n) is 73.7. The standard InChI is InChI=1S/C60H41N5.C42H29BrN4.C18H14BNO2/c1-60(2)51-27-14-12-25-45(51)47-36-50-49-35-41(40-29-31-54-48(34-40)46-26-13-15-28-53(46)64(54)43-22-10-5-11-23-43)30-32-55(49)65(56(50)37-52(47)60)44-24-16-21-42(33-44)59-62-57(38-17-6-3-7-18-38)61-58(63-59)39-19-8-4-9-20-39;1-42(2)35-19-10-9-18-31(35)32-24-34-33-23-29(43)20-21-37(33)47(38(34)25-36(32)42)30-17-11-16-28(22-30)41-45-39(26-12-5-3-6-13-26)44-40(46-41)27-14-7-4-8-15-27;21-19(22)13-10-11-18-16(12-13)15-8-4-5-9-17(15)20(18)14-6-2-1-3-7-14/h3-37H,1-2H3;3-25H,1-2H3;1-12,21-22H. The first-order chi connectivity index (χ1) is 65.7. The minimum absolute atomic E-state index is 0.101. The van der Waals surface area contributed by atoms with E-state index >= 15 is 0 Å². The second-order valence-corrected chi connectivity index (χ2v) is 36.6. The number of nitrogens with zero attached hydrogens (tertiary/aromatic N) is 10. The van der Waals surface area contributed by atoms with Crippen LogP contribution in [0.4, 0.5) is 0 Å². The maximum Gasteiger partial charge on any atom is 0.488 e. The molecule has 24 aromatic rings. The molecule has 6 heterocycles. The highest BCUT2D eigenvalue weighted by molar-refractivity contribution is 9.10. The van der Waals surface area contributed by atoms with Crippen LogP contribution in [0, 0.1) is 0 Å². The highest BCUT2D eigenvalue weighted by atomic mass is 79.9. The van der Waals surface area contributed by atoms with E-state index in [0.717, 1.165) is 93.4 Å². The van der Waals surface area contributed by atoms with Crippen molar-refractivity contribution in [3.05, 3.63) is 451 Å². The molecular weight excluding hydrogens is 1700 g/mol. The molecule has 0 bridgehead atoms. The van der Waals surface area contributed by atoms with Gasteiger partial charge >= 0.3 is 7.12 Å². The maximum absolute atomic E-state index is 9.43. The Labute approximate surface area is 782 Å². The Morgan fingerprint density at radius 2 is 0.500 bits per heavy atom. The summed E-state index contributed by atoms with van der Waals surface area (Å²) in [6, 6.07) is 149. The van der Waals surface area contributed by atoms with Gasteiger partial charge in [-0.1, -0.05) is 335 Å². The van der Waals surface area contributed by atoms with Crippen LogP contribution in [0.5, 0.6) is 0 Å². The van der Waals surface area contributed by atoms with E-state index in [-0.39, 0.29) is 10.8 Å². The van der Waals surface area contributed by atoms with Crippen molar-refractivity contribution in [2.45, 2.75) is 38.5 Å². The number of rotatable bonds is 12. The van der Waals surface area contributed by atoms with E-state index in [2.05, 4.69) is 341 Å². The topological polar surface area (TPSA) is 138 Å². The normalized spacial score (nSPS) is 12.7. The molecule has 0 spiro atoms. The van der Waals surface area contributed by atoms with E-state index in [1.165, 1.54) is 110 Å². The molecule has 636 valence electrons. The number of aromatic nitrogens is 10. The first-order valence-corrected chi connectivity index (χ1v) is 46.1. The van der Waals surface area contributed by atoms with Crippen LogP contribution < -0.4 is 5.46 Å². The Morgan fingerprint density at radius 3 is 0.903 bits per heavy atom. The summed E-state index contributed by atoms with van der Waals surface area (Å²) < 4.78 is 10.5. The van der Waals surface area contributed by atoms with Gasteiger partial charge in [-0.2, -0.15) is 0 Å². The van der Waals surface area contributed by atoms with E-state index < -0.39 is 7.12 Å². The molecule has 12 nitrogen and oxygen atoms in total. The van der Waals surface area contributed by atoms with Crippen LogP contribution in [0.3, 0.4) is 0 Å². The predicted octanol–water partition coefficient (Wildman–Crippen LogP) is 28.5. The Balaban J connectivity index is 0.000000124. The van der Waals surface area contributed by atoms with Crippen molar-refractivity contribution in [2.24, 2.45) is 0 Å². The third-order valence-electron chi connectivity index (χ3n) is 27.1. The van der Waals surface area contributed by atoms with Gasteiger partial charge in [0, 0.05) is 115 Å². The van der Waals surface area contributed by atoms with E-state index in [0.29, 0.717) is 40.4 Å². The lowest BCUT2D eigenvalue weighted by molar-refractivity contribution is 0.426. The van der Waals surface area contributed by atoms with E-state index in [9.17, 15) is 10.0 Å². The highest BCUT2D eigenvalue weighted by Crippen LogP contribution is 2.54. The summed E-state index contributed by atoms with van der Waals surface area (Å²) in [4.78, 5) is 30.1. The van der Waals surface area contributed by atoms with E-state index in [1.54, 1.807) is 6.07 Å².